The molecule has 128 valence electrons. The van der Waals surface area contributed by atoms with E-state index in [1.54, 1.807) is 18.2 Å². The quantitative estimate of drug-likeness (QED) is 0.847. The zero-order valence-corrected chi connectivity index (χ0v) is 14.8. The Morgan fingerprint density at radius 1 is 1.30 bits per heavy atom. The lowest BCUT2D eigenvalue weighted by Gasteiger charge is -2.22. The van der Waals surface area contributed by atoms with Gasteiger partial charge in [-0.05, 0) is 31.0 Å². The number of carbonyl (C=O) groups is 1. The maximum atomic E-state index is 12.3. The van der Waals surface area contributed by atoms with Crippen molar-refractivity contribution in [1.82, 2.24) is 5.32 Å². The van der Waals surface area contributed by atoms with Crippen molar-refractivity contribution in [2.75, 3.05) is 12.9 Å². The fourth-order valence-corrected chi connectivity index (χ4v) is 4.34. The normalized spacial score (nSPS) is 16.1. The van der Waals surface area contributed by atoms with Gasteiger partial charge in [-0.3, -0.25) is 4.79 Å². The molecule has 0 aromatic heterocycles. The summed E-state index contributed by atoms with van der Waals surface area (Å²) in [6.07, 6.45) is 5.19. The smallest absolute Gasteiger partial charge is 0.235 e. The first-order valence-corrected chi connectivity index (χ1v) is 9.92. The van der Waals surface area contributed by atoms with E-state index in [2.05, 4.69) is 5.32 Å². The number of halogens is 1. The molecule has 0 aliphatic heterocycles. The van der Waals surface area contributed by atoms with Crippen molar-refractivity contribution in [1.29, 1.82) is 0 Å². The van der Waals surface area contributed by atoms with E-state index in [0.29, 0.717) is 16.3 Å². The largest absolute Gasteiger partial charge is 0.496 e. The molecule has 1 aliphatic carbocycles. The molecular weight excluding hydrogens is 338 g/mol. The lowest BCUT2D eigenvalue weighted by Crippen LogP contribution is -2.39. The zero-order valence-electron chi connectivity index (χ0n) is 13.2. The Balaban J connectivity index is 1.98. The van der Waals surface area contributed by atoms with Crippen molar-refractivity contribution < 1.29 is 17.9 Å². The predicted octanol–water partition coefficient (Wildman–Crippen LogP) is 2.71. The molecule has 0 saturated heterocycles. The number of hydrogen-bond acceptors (Lipinski definition) is 4. The van der Waals surface area contributed by atoms with Crippen molar-refractivity contribution in [3.05, 3.63) is 28.8 Å². The zero-order chi connectivity index (χ0) is 16.9. The second-order valence-corrected chi connectivity index (χ2v) is 8.39. The Hall–Kier alpha value is -1.27. The molecule has 1 fully saturated rings. The highest BCUT2D eigenvalue weighted by Gasteiger charge is 2.22. The van der Waals surface area contributed by atoms with Crippen molar-refractivity contribution in [3.8, 4) is 5.75 Å². The minimum absolute atomic E-state index is 0.104. The first-order chi connectivity index (χ1) is 10.9. The summed E-state index contributed by atoms with van der Waals surface area (Å²) in [5.41, 5.74) is 0.463. The molecule has 5 nitrogen and oxygen atoms in total. The topological polar surface area (TPSA) is 72.5 Å². The molecular formula is C16H22ClNO4S. The number of carbonyl (C=O) groups excluding carboxylic acids is 1. The third kappa shape index (κ3) is 5.70. The molecule has 0 radical (unpaired) electrons. The highest BCUT2D eigenvalue weighted by atomic mass is 35.5. The van der Waals surface area contributed by atoms with Gasteiger partial charge < -0.3 is 10.1 Å². The molecule has 0 bridgehead atoms. The first-order valence-electron chi connectivity index (χ1n) is 7.72. The number of rotatable bonds is 6. The Labute approximate surface area is 142 Å². The molecule has 1 N–H and O–H groups in total. The molecule has 0 atom stereocenters. The molecule has 1 amide bonds. The average Bonchev–Trinajstić information content (AvgIpc) is 2.47. The summed E-state index contributed by atoms with van der Waals surface area (Å²) in [6, 6.07) is 4.91. The Kier molecular flexibility index (Phi) is 6.30. The molecule has 1 aliphatic rings. The van der Waals surface area contributed by atoms with Crippen LogP contribution >= 0.6 is 11.6 Å². The highest BCUT2D eigenvalue weighted by molar-refractivity contribution is 7.91. The van der Waals surface area contributed by atoms with Crippen LogP contribution < -0.4 is 10.1 Å². The van der Waals surface area contributed by atoms with E-state index in [-0.39, 0.29) is 11.8 Å². The van der Waals surface area contributed by atoms with Gasteiger partial charge in [-0.25, -0.2) is 8.42 Å². The van der Waals surface area contributed by atoms with Crippen LogP contribution in [-0.2, 0) is 20.4 Å². The fraction of sp³-hybridized carbons (Fsp3) is 0.562. The molecule has 0 unspecified atom stereocenters. The van der Waals surface area contributed by atoms with Gasteiger partial charge in [0, 0.05) is 16.6 Å². The first kappa shape index (κ1) is 18.1. The Bertz CT molecular complexity index is 654. The van der Waals surface area contributed by atoms with Crippen molar-refractivity contribution >= 4 is 27.3 Å². The van der Waals surface area contributed by atoms with E-state index in [0.717, 1.165) is 25.7 Å². The number of nitrogens with one attached hydrogen (secondary N) is 1. The second kappa shape index (κ2) is 8.02. The number of sulfone groups is 1. The molecule has 1 aromatic rings. The standard InChI is InChI=1S/C16H22ClNO4S/c1-22-15-8-7-13(17)9-12(15)10-23(20,21)11-16(19)18-14-5-3-2-4-6-14/h7-9,14H,2-6,10-11H2,1H3,(H,18,19). The van der Waals surface area contributed by atoms with Crippen molar-refractivity contribution in [2.24, 2.45) is 0 Å². The van der Waals surface area contributed by atoms with Crippen LogP contribution in [0.15, 0.2) is 18.2 Å². The van der Waals surface area contributed by atoms with Crippen molar-refractivity contribution in [2.45, 2.75) is 43.9 Å². The molecule has 1 saturated carbocycles. The van der Waals surface area contributed by atoms with Gasteiger partial charge in [0.2, 0.25) is 5.91 Å². The van der Waals surface area contributed by atoms with Gasteiger partial charge in [-0.1, -0.05) is 30.9 Å². The summed E-state index contributed by atoms with van der Waals surface area (Å²) < 4.78 is 29.7. The van der Waals surface area contributed by atoms with Gasteiger partial charge >= 0.3 is 0 Å². The number of amides is 1. The lowest BCUT2D eigenvalue weighted by molar-refractivity contribution is -0.119. The van der Waals surface area contributed by atoms with Crippen molar-refractivity contribution in [3.63, 3.8) is 0 Å². The number of methoxy groups -OCH3 is 1. The van der Waals surface area contributed by atoms with Gasteiger partial charge in [0.05, 0.1) is 12.9 Å². The lowest BCUT2D eigenvalue weighted by atomic mass is 9.95. The number of ether oxygens (including phenoxy) is 1. The summed E-state index contributed by atoms with van der Waals surface area (Å²) in [7, 11) is -2.12. The Morgan fingerprint density at radius 3 is 2.65 bits per heavy atom. The molecule has 0 heterocycles. The van der Waals surface area contributed by atoms with E-state index in [1.165, 1.54) is 13.5 Å². The maximum Gasteiger partial charge on any atom is 0.235 e. The minimum atomic E-state index is -3.58. The fourth-order valence-electron chi connectivity index (χ4n) is 2.86. The highest BCUT2D eigenvalue weighted by Crippen LogP contribution is 2.25. The SMILES string of the molecule is COc1ccc(Cl)cc1CS(=O)(=O)CC(=O)NC1CCCCC1. The van der Waals surface area contributed by atoms with Crippen LogP contribution in [-0.4, -0.2) is 33.2 Å². The molecule has 0 spiro atoms. The molecule has 23 heavy (non-hydrogen) atoms. The van der Waals surface area contributed by atoms with Crippen LogP contribution in [0.2, 0.25) is 5.02 Å². The predicted molar refractivity (Wildman–Crippen MR) is 90.5 cm³/mol. The molecule has 1 aromatic carbocycles. The van der Waals surface area contributed by atoms with E-state index >= 15 is 0 Å². The number of hydrogen-bond donors (Lipinski definition) is 1. The van der Waals surface area contributed by atoms with Gasteiger partial charge in [0.15, 0.2) is 9.84 Å². The van der Waals surface area contributed by atoms with Crippen LogP contribution in [0, 0.1) is 0 Å². The summed E-state index contributed by atoms with van der Waals surface area (Å²) >= 11 is 5.91. The average molecular weight is 360 g/mol. The monoisotopic (exact) mass is 359 g/mol. The van der Waals surface area contributed by atoms with Crippen LogP contribution in [0.4, 0.5) is 0 Å². The Morgan fingerprint density at radius 2 is 2.00 bits per heavy atom. The van der Waals surface area contributed by atoms with Crippen LogP contribution in [0.25, 0.3) is 0 Å². The van der Waals surface area contributed by atoms with Gasteiger partial charge in [-0.2, -0.15) is 0 Å². The van der Waals surface area contributed by atoms with E-state index in [4.69, 9.17) is 16.3 Å². The molecule has 2 rings (SSSR count). The van der Waals surface area contributed by atoms with Crippen LogP contribution in [0.3, 0.4) is 0 Å². The summed E-state index contributed by atoms with van der Waals surface area (Å²) in [6.45, 7) is 0. The van der Waals surface area contributed by atoms with Crippen LogP contribution in [0.1, 0.15) is 37.7 Å². The summed E-state index contributed by atoms with van der Waals surface area (Å²) in [5, 5.41) is 3.26. The molecule has 7 heteroatoms. The van der Waals surface area contributed by atoms with Gasteiger partial charge in [0.1, 0.15) is 11.5 Å². The van der Waals surface area contributed by atoms with E-state index in [1.807, 2.05) is 0 Å². The maximum absolute atomic E-state index is 12.3. The van der Waals surface area contributed by atoms with Gasteiger partial charge in [0.25, 0.3) is 0 Å². The third-order valence-electron chi connectivity index (χ3n) is 3.94. The minimum Gasteiger partial charge on any atom is -0.496 e. The van der Waals surface area contributed by atoms with E-state index in [9.17, 15) is 13.2 Å². The van der Waals surface area contributed by atoms with Crippen LogP contribution in [0.5, 0.6) is 5.75 Å². The van der Waals surface area contributed by atoms with Gasteiger partial charge in [-0.15, -0.1) is 0 Å². The summed E-state index contributed by atoms with van der Waals surface area (Å²) in [4.78, 5) is 12.0. The third-order valence-corrected chi connectivity index (χ3v) is 5.63. The van der Waals surface area contributed by atoms with E-state index < -0.39 is 21.5 Å². The number of benzene rings is 1. The summed E-state index contributed by atoms with van der Waals surface area (Å²) in [5.74, 6) is -0.767. The second-order valence-electron chi connectivity index (χ2n) is 5.89.